The Kier molecular flexibility index (Phi) is 7.49. The Balaban J connectivity index is 1.52. The largest absolute Gasteiger partial charge is 0.375 e. The molecule has 0 saturated heterocycles. The van der Waals surface area contributed by atoms with Crippen LogP contribution in [0.25, 0.3) is 0 Å². The maximum atomic E-state index is 5.37. The molecule has 0 aliphatic heterocycles. The summed E-state index contributed by atoms with van der Waals surface area (Å²) in [6, 6.07) is 0.831. The van der Waals surface area contributed by atoms with Crippen LogP contribution in [0.5, 0.6) is 0 Å². The Bertz CT molecular complexity index is 611. The van der Waals surface area contributed by atoms with Crippen molar-refractivity contribution >= 4 is 17.3 Å². The van der Waals surface area contributed by atoms with Gasteiger partial charge in [-0.2, -0.15) is 0 Å². The van der Waals surface area contributed by atoms with Crippen LogP contribution in [0.3, 0.4) is 0 Å². The summed E-state index contributed by atoms with van der Waals surface area (Å²) in [6.07, 6.45) is 5.66. The Morgan fingerprint density at radius 1 is 1.41 bits per heavy atom. The van der Waals surface area contributed by atoms with Crippen LogP contribution >= 0.6 is 11.3 Å². The lowest BCUT2D eigenvalue weighted by molar-refractivity contribution is 0.119. The lowest BCUT2D eigenvalue weighted by Gasteiger charge is -2.23. The summed E-state index contributed by atoms with van der Waals surface area (Å²) in [5.41, 5.74) is 1.07. The summed E-state index contributed by atoms with van der Waals surface area (Å²) in [7, 11) is 3.81. The second kappa shape index (κ2) is 9.85. The molecular weight excluding hydrogens is 358 g/mol. The van der Waals surface area contributed by atoms with Gasteiger partial charge in [-0.05, 0) is 45.4 Å². The number of nitrogens with one attached hydrogen (secondary N) is 1. The van der Waals surface area contributed by atoms with Crippen molar-refractivity contribution in [2.75, 3.05) is 40.3 Å². The Morgan fingerprint density at radius 3 is 2.81 bits per heavy atom. The molecule has 6 nitrogen and oxygen atoms in total. The molecular formula is C20H35N5OS. The van der Waals surface area contributed by atoms with E-state index in [0.717, 1.165) is 54.8 Å². The molecule has 0 radical (unpaired) electrons. The molecule has 1 aromatic heterocycles. The number of aromatic nitrogens is 1. The molecule has 0 aromatic carbocycles. The van der Waals surface area contributed by atoms with Gasteiger partial charge in [-0.1, -0.05) is 0 Å². The molecule has 2 saturated carbocycles. The van der Waals surface area contributed by atoms with Crippen molar-refractivity contribution in [1.82, 2.24) is 20.1 Å². The van der Waals surface area contributed by atoms with Gasteiger partial charge in [-0.3, -0.25) is 9.89 Å². The Labute approximate surface area is 168 Å². The second-order valence-corrected chi connectivity index (χ2v) is 8.71. The zero-order valence-electron chi connectivity index (χ0n) is 17.3. The number of hydrogen-bond donors (Lipinski definition) is 1. The van der Waals surface area contributed by atoms with Crippen LogP contribution in [-0.4, -0.2) is 67.1 Å². The minimum absolute atomic E-state index is 0.0517. The monoisotopic (exact) mass is 393 g/mol. The predicted molar refractivity (Wildman–Crippen MR) is 112 cm³/mol. The fraction of sp³-hybridized carbons (Fsp3) is 0.800. The molecule has 27 heavy (non-hydrogen) atoms. The van der Waals surface area contributed by atoms with Crippen LogP contribution in [0.1, 0.15) is 56.3 Å². The van der Waals surface area contributed by atoms with Gasteiger partial charge < -0.3 is 15.0 Å². The number of methoxy groups -OCH3 is 1. The number of rotatable bonds is 11. The molecule has 0 amide bonds. The first-order chi connectivity index (χ1) is 13.1. The summed E-state index contributed by atoms with van der Waals surface area (Å²) >= 11 is 1.66. The molecule has 152 valence electrons. The third kappa shape index (κ3) is 6.43. The zero-order valence-corrected chi connectivity index (χ0v) is 18.1. The highest BCUT2D eigenvalue weighted by Gasteiger charge is 2.33. The van der Waals surface area contributed by atoms with Crippen molar-refractivity contribution in [3.05, 3.63) is 16.1 Å². The molecule has 2 aliphatic carbocycles. The Morgan fingerprint density at radius 2 is 2.19 bits per heavy atom. The first-order valence-electron chi connectivity index (χ1n) is 10.3. The van der Waals surface area contributed by atoms with E-state index in [-0.39, 0.29) is 6.10 Å². The highest BCUT2D eigenvalue weighted by molar-refractivity contribution is 7.09. The van der Waals surface area contributed by atoms with Crippen molar-refractivity contribution in [2.45, 2.75) is 58.2 Å². The minimum Gasteiger partial charge on any atom is -0.375 e. The number of aliphatic imine (C=N–C) groups is 1. The number of thiazole rings is 1. The molecule has 2 fully saturated rings. The lowest BCUT2D eigenvalue weighted by Crippen LogP contribution is -2.39. The maximum absolute atomic E-state index is 5.37. The van der Waals surface area contributed by atoms with E-state index in [1.165, 1.54) is 32.2 Å². The van der Waals surface area contributed by atoms with Crippen molar-refractivity contribution in [2.24, 2.45) is 10.9 Å². The molecule has 3 rings (SSSR count). The normalized spacial score (nSPS) is 18.8. The van der Waals surface area contributed by atoms with Crippen molar-refractivity contribution in [3.8, 4) is 0 Å². The number of ether oxygens (including phenoxy) is 1. The number of hydrogen-bond acceptors (Lipinski definition) is 5. The lowest BCUT2D eigenvalue weighted by atomic mass is 10.3. The first-order valence-corrected chi connectivity index (χ1v) is 11.2. The van der Waals surface area contributed by atoms with Crippen molar-refractivity contribution in [1.29, 1.82) is 0 Å². The predicted octanol–water partition coefficient (Wildman–Crippen LogP) is 3.12. The fourth-order valence-electron chi connectivity index (χ4n) is 3.25. The third-order valence-corrected chi connectivity index (χ3v) is 6.32. The molecule has 2 aliphatic rings. The van der Waals surface area contributed by atoms with E-state index in [0.29, 0.717) is 0 Å². The third-order valence-electron chi connectivity index (χ3n) is 5.27. The Hall–Kier alpha value is -1.18. The molecule has 7 heteroatoms. The van der Waals surface area contributed by atoms with Crippen molar-refractivity contribution < 1.29 is 4.74 Å². The average Bonchev–Trinajstić information content (AvgIpc) is 3.58. The molecule has 1 aromatic rings. The summed E-state index contributed by atoms with van der Waals surface area (Å²) < 4.78 is 5.37. The van der Waals surface area contributed by atoms with Crippen LogP contribution < -0.4 is 5.32 Å². The highest BCUT2D eigenvalue weighted by Crippen LogP contribution is 2.34. The van der Waals surface area contributed by atoms with Gasteiger partial charge in [0.15, 0.2) is 5.96 Å². The molecule has 1 atom stereocenters. The quantitative estimate of drug-likeness (QED) is 0.462. The van der Waals surface area contributed by atoms with E-state index in [4.69, 9.17) is 14.7 Å². The van der Waals surface area contributed by atoms with Crippen LogP contribution in [0.4, 0.5) is 0 Å². The van der Waals surface area contributed by atoms with Crippen molar-refractivity contribution in [3.63, 3.8) is 0 Å². The standard InChI is InChI=1S/C20H35N5OS/c1-5-21-20(22-10-11-25(18-8-9-18)12-16-6-7-16)24(3)13-17-14-27-19(23-17)15(2)26-4/h14-16,18H,5-13H2,1-4H3,(H,21,22). The van der Waals surface area contributed by atoms with E-state index in [1.54, 1.807) is 18.4 Å². The van der Waals surface area contributed by atoms with E-state index in [9.17, 15) is 0 Å². The second-order valence-electron chi connectivity index (χ2n) is 7.82. The zero-order chi connectivity index (χ0) is 19.2. The van der Waals surface area contributed by atoms with E-state index < -0.39 is 0 Å². The van der Waals surface area contributed by atoms with Crippen LogP contribution in [0, 0.1) is 5.92 Å². The van der Waals surface area contributed by atoms with Gasteiger partial charge in [0.05, 0.1) is 18.8 Å². The fourth-order valence-corrected chi connectivity index (χ4v) is 4.09. The molecule has 1 N–H and O–H groups in total. The SMILES string of the molecule is CCNC(=NCCN(CC1CC1)C1CC1)N(C)Cc1csc(C(C)OC)n1. The van der Waals surface area contributed by atoms with Gasteiger partial charge in [-0.15, -0.1) is 11.3 Å². The topological polar surface area (TPSA) is 53.0 Å². The first kappa shape index (κ1) is 20.6. The van der Waals surface area contributed by atoms with Gasteiger partial charge in [0, 0.05) is 45.2 Å². The van der Waals surface area contributed by atoms with Crippen LogP contribution in [0.2, 0.25) is 0 Å². The maximum Gasteiger partial charge on any atom is 0.194 e. The highest BCUT2D eigenvalue weighted by atomic mass is 32.1. The summed E-state index contributed by atoms with van der Waals surface area (Å²) in [5, 5.41) is 6.57. The van der Waals surface area contributed by atoms with Crippen LogP contribution in [-0.2, 0) is 11.3 Å². The van der Waals surface area contributed by atoms with Gasteiger partial charge in [0.1, 0.15) is 11.1 Å². The summed E-state index contributed by atoms with van der Waals surface area (Å²) in [5.74, 6) is 1.92. The average molecular weight is 394 g/mol. The van der Waals surface area contributed by atoms with E-state index >= 15 is 0 Å². The minimum atomic E-state index is 0.0517. The summed E-state index contributed by atoms with van der Waals surface area (Å²) in [4.78, 5) is 14.4. The molecule has 0 bridgehead atoms. The molecule has 0 spiro atoms. The molecule has 1 heterocycles. The number of guanidine groups is 1. The van der Waals surface area contributed by atoms with E-state index in [2.05, 4.69) is 34.5 Å². The smallest absolute Gasteiger partial charge is 0.194 e. The van der Waals surface area contributed by atoms with Crippen LogP contribution in [0.15, 0.2) is 10.4 Å². The molecule has 1 unspecified atom stereocenters. The van der Waals surface area contributed by atoms with Gasteiger partial charge in [0.25, 0.3) is 0 Å². The van der Waals surface area contributed by atoms with Gasteiger partial charge >= 0.3 is 0 Å². The van der Waals surface area contributed by atoms with Gasteiger partial charge in [0.2, 0.25) is 0 Å². The van der Waals surface area contributed by atoms with E-state index in [1.807, 2.05) is 6.92 Å². The summed E-state index contributed by atoms with van der Waals surface area (Å²) in [6.45, 7) is 9.01. The van der Waals surface area contributed by atoms with Gasteiger partial charge in [-0.25, -0.2) is 4.98 Å². The number of nitrogens with zero attached hydrogens (tertiary/aromatic N) is 4.